The molecule has 2 atom stereocenters. The highest BCUT2D eigenvalue weighted by Crippen LogP contribution is 2.17. The van der Waals surface area contributed by atoms with Crippen LogP contribution in [0.1, 0.15) is 27.2 Å². The summed E-state index contributed by atoms with van der Waals surface area (Å²) < 4.78 is 5.56. The maximum Gasteiger partial charge on any atom is 0.228 e. The Morgan fingerprint density at radius 3 is 3.11 bits per heavy atom. The fourth-order valence-electron chi connectivity index (χ4n) is 2.06. The number of piperazine rings is 1. The minimum absolute atomic E-state index is 0.405. The minimum atomic E-state index is 0.405. The lowest BCUT2D eigenvalue weighted by Crippen LogP contribution is -2.55. The number of hydrogen-bond donors (Lipinski definition) is 1. The van der Waals surface area contributed by atoms with E-state index >= 15 is 0 Å². The number of ether oxygens (including phenoxy) is 1. The van der Waals surface area contributed by atoms with Gasteiger partial charge in [-0.05, 0) is 20.3 Å². The quantitative estimate of drug-likeness (QED) is 0.876. The van der Waals surface area contributed by atoms with Gasteiger partial charge in [0.1, 0.15) is 0 Å². The van der Waals surface area contributed by atoms with Crippen molar-refractivity contribution in [3.8, 4) is 5.88 Å². The van der Waals surface area contributed by atoms with Crippen molar-refractivity contribution in [2.45, 2.75) is 39.3 Å². The average Bonchev–Trinajstić information content (AvgIpc) is 2.39. The summed E-state index contributed by atoms with van der Waals surface area (Å²) in [5, 5.41) is 3.45. The van der Waals surface area contributed by atoms with Gasteiger partial charge >= 0.3 is 0 Å². The summed E-state index contributed by atoms with van der Waals surface area (Å²) in [5.41, 5.74) is 0. The van der Waals surface area contributed by atoms with E-state index in [0.29, 0.717) is 24.6 Å². The fourth-order valence-corrected chi connectivity index (χ4v) is 2.06. The van der Waals surface area contributed by atoms with Gasteiger partial charge in [-0.15, -0.1) is 0 Å². The van der Waals surface area contributed by atoms with Gasteiger partial charge in [0.15, 0.2) is 0 Å². The van der Waals surface area contributed by atoms with Crippen LogP contribution in [0.2, 0.25) is 0 Å². The number of rotatable bonds is 4. The Bertz CT molecular complexity index is 385. The SMILES string of the molecule is CCCOc1ccnc(N2CC(C)NCC2C)n1. The average molecular weight is 250 g/mol. The molecule has 2 unspecified atom stereocenters. The smallest absolute Gasteiger partial charge is 0.228 e. The van der Waals surface area contributed by atoms with Crippen molar-refractivity contribution in [3.05, 3.63) is 12.3 Å². The Labute approximate surface area is 109 Å². The number of nitrogens with zero attached hydrogens (tertiary/aromatic N) is 3. The van der Waals surface area contributed by atoms with Crippen LogP contribution in [-0.4, -0.2) is 41.7 Å². The van der Waals surface area contributed by atoms with E-state index in [1.807, 2.05) is 6.07 Å². The number of anilines is 1. The van der Waals surface area contributed by atoms with E-state index < -0.39 is 0 Å². The van der Waals surface area contributed by atoms with Crippen molar-refractivity contribution in [1.82, 2.24) is 15.3 Å². The molecule has 2 rings (SSSR count). The number of nitrogens with one attached hydrogen (secondary N) is 1. The topological polar surface area (TPSA) is 50.3 Å². The Morgan fingerprint density at radius 2 is 2.33 bits per heavy atom. The first kappa shape index (κ1) is 13.1. The molecule has 5 nitrogen and oxygen atoms in total. The third-order valence-electron chi connectivity index (χ3n) is 3.09. The van der Waals surface area contributed by atoms with Gasteiger partial charge in [-0.1, -0.05) is 6.92 Å². The highest BCUT2D eigenvalue weighted by Gasteiger charge is 2.24. The molecular formula is C13H22N4O. The first-order chi connectivity index (χ1) is 8.70. The van der Waals surface area contributed by atoms with Gasteiger partial charge in [-0.25, -0.2) is 4.98 Å². The molecule has 0 bridgehead atoms. The maximum absolute atomic E-state index is 5.56. The molecule has 2 heterocycles. The van der Waals surface area contributed by atoms with Gasteiger partial charge in [0.2, 0.25) is 11.8 Å². The molecular weight excluding hydrogens is 228 g/mol. The van der Waals surface area contributed by atoms with E-state index in [1.54, 1.807) is 6.20 Å². The molecule has 0 saturated carbocycles. The van der Waals surface area contributed by atoms with Crippen molar-refractivity contribution >= 4 is 5.95 Å². The van der Waals surface area contributed by atoms with E-state index in [1.165, 1.54) is 0 Å². The molecule has 1 N–H and O–H groups in total. The van der Waals surface area contributed by atoms with E-state index in [0.717, 1.165) is 25.5 Å². The molecule has 1 saturated heterocycles. The van der Waals surface area contributed by atoms with Crippen LogP contribution in [0.3, 0.4) is 0 Å². The lowest BCUT2D eigenvalue weighted by molar-refractivity contribution is 0.304. The number of hydrogen-bond acceptors (Lipinski definition) is 5. The summed E-state index contributed by atoms with van der Waals surface area (Å²) >= 11 is 0. The lowest BCUT2D eigenvalue weighted by Gasteiger charge is -2.37. The molecule has 0 aromatic carbocycles. The molecule has 1 aliphatic heterocycles. The molecule has 1 aliphatic rings. The van der Waals surface area contributed by atoms with Gasteiger partial charge < -0.3 is 15.0 Å². The standard InChI is InChI=1S/C13H22N4O/c1-4-7-18-12-5-6-14-13(16-12)17-9-10(2)15-8-11(17)3/h5-6,10-11,15H,4,7-9H2,1-3H3. The summed E-state index contributed by atoms with van der Waals surface area (Å²) in [7, 11) is 0. The maximum atomic E-state index is 5.56. The summed E-state index contributed by atoms with van der Waals surface area (Å²) in [6.45, 7) is 9.03. The van der Waals surface area contributed by atoms with Crippen LogP contribution in [-0.2, 0) is 0 Å². The van der Waals surface area contributed by atoms with Crippen molar-refractivity contribution in [1.29, 1.82) is 0 Å². The van der Waals surface area contributed by atoms with Gasteiger partial charge in [0.25, 0.3) is 0 Å². The van der Waals surface area contributed by atoms with Gasteiger partial charge in [0, 0.05) is 37.4 Å². The molecule has 0 spiro atoms. The second-order valence-corrected chi connectivity index (χ2v) is 4.85. The van der Waals surface area contributed by atoms with Crippen LogP contribution in [0, 0.1) is 0 Å². The fraction of sp³-hybridized carbons (Fsp3) is 0.692. The third kappa shape index (κ3) is 3.10. The predicted octanol–water partition coefficient (Wildman–Crippen LogP) is 1.45. The lowest BCUT2D eigenvalue weighted by atomic mass is 10.1. The van der Waals surface area contributed by atoms with Crippen LogP contribution in [0.4, 0.5) is 5.95 Å². The Hall–Kier alpha value is -1.36. The van der Waals surface area contributed by atoms with E-state index in [9.17, 15) is 0 Å². The second-order valence-electron chi connectivity index (χ2n) is 4.85. The summed E-state index contributed by atoms with van der Waals surface area (Å²) in [6.07, 6.45) is 2.76. The molecule has 0 radical (unpaired) electrons. The van der Waals surface area contributed by atoms with Gasteiger partial charge in [-0.2, -0.15) is 4.98 Å². The van der Waals surface area contributed by atoms with Crippen LogP contribution >= 0.6 is 0 Å². The second kappa shape index (κ2) is 6.00. The van der Waals surface area contributed by atoms with Crippen molar-refractivity contribution in [2.24, 2.45) is 0 Å². The normalized spacial score (nSPS) is 24.1. The van der Waals surface area contributed by atoms with Crippen molar-refractivity contribution in [2.75, 3.05) is 24.6 Å². The van der Waals surface area contributed by atoms with Gasteiger partial charge in [0.05, 0.1) is 6.61 Å². The highest BCUT2D eigenvalue weighted by molar-refractivity contribution is 5.34. The van der Waals surface area contributed by atoms with Crippen molar-refractivity contribution < 1.29 is 4.74 Å². The van der Waals surface area contributed by atoms with Crippen LogP contribution in [0.15, 0.2) is 12.3 Å². The molecule has 0 aliphatic carbocycles. The molecule has 5 heteroatoms. The van der Waals surface area contributed by atoms with Crippen LogP contribution in [0.5, 0.6) is 5.88 Å². The van der Waals surface area contributed by atoms with Crippen molar-refractivity contribution in [3.63, 3.8) is 0 Å². The molecule has 1 aromatic heterocycles. The first-order valence-electron chi connectivity index (χ1n) is 6.66. The predicted molar refractivity (Wildman–Crippen MR) is 72.1 cm³/mol. The van der Waals surface area contributed by atoms with E-state index in [2.05, 4.69) is 41.0 Å². The Kier molecular flexibility index (Phi) is 4.36. The third-order valence-corrected chi connectivity index (χ3v) is 3.09. The molecule has 1 fully saturated rings. The first-order valence-corrected chi connectivity index (χ1v) is 6.66. The summed E-state index contributed by atoms with van der Waals surface area (Å²) in [6, 6.07) is 2.68. The zero-order chi connectivity index (χ0) is 13.0. The van der Waals surface area contributed by atoms with Crippen LogP contribution in [0.25, 0.3) is 0 Å². The van der Waals surface area contributed by atoms with Crippen LogP contribution < -0.4 is 15.0 Å². The molecule has 100 valence electrons. The monoisotopic (exact) mass is 250 g/mol. The highest BCUT2D eigenvalue weighted by atomic mass is 16.5. The van der Waals surface area contributed by atoms with E-state index in [4.69, 9.17) is 4.74 Å². The Balaban J connectivity index is 2.11. The zero-order valence-corrected chi connectivity index (χ0v) is 11.4. The Morgan fingerprint density at radius 1 is 1.50 bits per heavy atom. The molecule has 18 heavy (non-hydrogen) atoms. The summed E-state index contributed by atoms with van der Waals surface area (Å²) in [5.74, 6) is 1.43. The van der Waals surface area contributed by atoms with E-state index in [-0.39, 0.29) is 0 Å². The largest absolute Gasteiger partial charge is 0.478 e. The molecule has 1 aromatic rings. The number of aromatic nitrogens is 2. The minimum Gasteiger partial charge on any atom is -0.478 e. The summed E-state index contributed by atoms with van der Waals surface area (Å²) in [4.78, 5) is 11.1. The van der Waals surface area contributed by atoms with Gasteiger partial charge in [-0.3, -0.25) is 0 Å². The molecule has 0 amide bonds. The zero-order valence-electron chi connectivity index (χ0n) is 11.4.